The zero-order valence-electron chi connectivity index (χ0n) is 9.52. The van der Waals surface area contributed by atoms with Crippen molar-refractivity contribution in [2.45, 2.75) is 13.8 Å². The van der Waals surface area contributed by atoms with Crippen LogP contribution in [0.1, 0.15) is 24.2 Å². The summed E-state index contributed by atoms with van der Waals surface area (Å²) >= 11 is 0. The van der Waals surface area contributed by atoms with Crippen LogP contribution in [0.4, 0.5) is 0 Å². The number of ketones is 1. The maximum Gasteiger partial charge on any atom is 0.341 e. The van der Waals surface area contributed by atoms with Gasteiger partial charge in [0.05, 0.1) is 18.9 Å². The number of hydrogen-bond donors (Lipinski definition) is 0. The number of Topliss-reactive ketones (excluding diaryl/α,β-unsaturated/α-hetero) is 1. The van der Waals surface area contributed by atoms with E-state index in [2.05, 4.69) is 4.74 Å². The van der Waals surface area contributed by atoms with Crippen LogP contribution in [0, 0.1) is 5.92 Å². The van der Waals surface area contributed by atoms with Crippen LogP contribution in [-0.4, -0.2) is 18.9 Å². The molecule has 1 aromatic rings. The summed E-state index contributed by atoms with van der Waals surface area (Å²) in [6.07, 6.45) is 4.28. The monoisotopic (exact) mass is 222 g/mol. The van der Waals surface area contributed by atoms with Crippen LogP contribution in [0.25, 0.3) is 0 Å². The molecule has 1 heterocycles. The van der Waals surface area contributed by atoms with Crippen LogP contribution in [0.2, 0.25) is 0 Å². The van der Waals surface area contributed by atoms with E-state index >= 15 is 0 Å². The summed E-state index contributed by atoms with van der Waals surface area (Å²) in [4.78, 5) is 23.4. The van der Waals surface area contributed by atoms with E-state index in [1.165, 1.54) is 25.7 Å². The normalized spacial score (nSPS) is 11.6. The van der Waals surface area contributed by atoms with E-state index in [1.54, 1.807) is 6.08 Å². The van der Waals surface area contributed by atoms with Gasteiger partial charge in [-0.1, -0.05) is 19.9 Å². The maximum absolute atomic E-state index is 11.9. The zero-order valence-corrected chi connectivity index (χ0v) is 9.52. The van der Waals surface area contributed by atoms with Crippen molar-refractivity contribution in [3.05, 3.63) is 35.8 Å². The molecule has 0 N–H and O–H groups in total. The molecule has 0 aliphatic heterocycles. The smallest absolute Gasteiger partial charge is 0.341 e. The van der Waals surface area contributed by atoms with E-state index in [4.69, 9.17) is 4.42 Å². The number of carbonyl (C=O) groups excluding carboxylic acids is 2. The molecule has 0 aromatic carbocycles. The van der Waals surface area contributed by atoms with Crippen LogP contribution in [0.3, 0.4) is 0 Å². The molecule has 0 aliphatic rings. The molecule has 0 atom stereocenters. The van der Waals surface area contributed by atoms with Gasteiger partial charge in [-0.2, -0.15) is 0 Å². The Kier molecular flexibility index (Phi) is 4.05. The van der Waals surface area contributed by atoms with Gasteiger partial charge in [-0.05, 0) is 12.0 Å². The van der Waals surface area contributed by atoms with Crippen LogP contribution in [0.15, 0.2) is 34.7 Å². The number of rotatable bonds is 4. The number of methoxy groups -OCH3 is 1. The second-order valence-corrected chi connectivity index (χ2v) is 3.66. The van der Waals surface area contributed by atoms with Crippen molar-refractivity contribution in [1.29, 1.82) is 0 Å². The fraction of sp³-hybridized carbons (Fsp3) is 0.333. The molecule has 16 heavy (non-hydrogen) atoms. The van der Waals surface area contributed by atoms with Gasteiger partial charge >= 0.3 is 5.97 Å². The lowest BCUT2D eigenvalue weighted by atomic mass is 10.0. The molecule has 86 valence electrons. The van der Waals surface area contributed by atoms with Gasteiger partial charge in [-0.15, -0.1) is 0 Å². The summed E-state index contributed by atoms with van der Waals surface area (Å²) in [5.41, 5.74) is 0.385. The predicted octanol–water partition coefficient (Wildman–Crippen LogP) is 2.22. The molecular formula is C12H14O4. The first-order valence-corrected chi connectivity index (χ1v) is 4.93. The average molecular weight is 222 g/mol. The van der Waals surface area contributed by atoms with Gasteiger partial charge in [-0.3, -0.25) is 4.79 Å². The minimum Gasteiger partial charge on any atom is -0.472 e. The Bertz CT molecular complexity index is 399. The lowest BCUT2D eigenvalue weighted by Crippen LogP contribution is -2.15. The highest BCUT2D eigenvalue weighted by atomic mass is 16.5. The molecule has 1 rings (SSSR count). The lowest BCUT2D eigenvalue weighted by molar-refractivity contribution is -0.135. The summed E-state index contributed by atoms with van der Waals surface area (Å²) in [6.45, 7) is 3.76. The molecule has 0 radical (unpaired) electrons. The highest BCUT2D eigenvalue weighted by molar-refractivity contribution is 6.24. The topological polar surface area (TPSA) is 56.5 Å². The van der Waals surface area contributed by atoms with Gasteiger partial charge in [-0.25, -0.2) is 4.79 Å². The molecule has 0 spiro atoms. The van der Waals surface area contributed by atoms with Crippen LogP contribution in [0.5, 0.6) is 0 Å². The number of allylic oxidation sites excluding steroid dienone is 1. The SMILES string of the molecule is COC(=O)/C(=C\C(C)C)C(=O)c1ccoc1. The van der Waals surface area contributed by atoms with Gasteiger partial charge in [0.25, 0.3) is 0 Å². The van der Waals surface area contributed by atoms with Gasteiger partial charge in [0.15, 0.2) is 0 Å². The van der Waals surface area contributed by atoms with E-state index in [9.17, 15) is 9.59 Å². The minimum atomic E-state index is -0.625. The first-order chi connectivity index (χ1) is 7.56. The van der Waals surface area contributed by atoms with Gasteiger partial charge in [0.2, 0.25) is 5.78 Å². The van der Waals surface area contributed by atoms with Crippen molar-refractivity contribution >= 4 is 11.8 Å². The molecule has 0 saturated heterocycles. The van der Waals surface area contributed by atoms with E-state index in [-0.39, 0.29) is 17.3 Å². The van der Waals surface area contributed by atoms with Gasteiger partial charge in [0.1, 0.15) is 11.8 Å². The first-order valence-electron chi connectivity index (χ1n) is 4.93. The molecule has 0 bridgehead atoms. The fourth-order valence-corrected chi connectivity index (χ4v) is 1.23. The van der Waals surface area contributed by atoms with Crippen molar-refractivity contribution in [3.63, 3.8) is 0 Å². The standard InChI is InChI=1S/C12H14O4/c1-8(2)6-10(12(14)15-3)11(13)9-4-5-16-7-9/h4-8H,1-3H3/b10-6-. The Morgan fingerprint density at radius 3 is 2.56 bits per heavy atom. The summed E-state index contributed by atoms with van der Waals surface area (Å²) in [5, 5.41) is 0. The molecule has 0 unspecified atom stereocenters. The molecule has 4 nitrogen and oxygen atoms in total. The van der Waals surface area contributed by atoms with E-state index in [0.717, 1.165) is 0 Å². The quantitative estimate of drug-likeness (QED) is 0.258. The van der Waals surface area contributed by atoms with E-state index in [0.29, 0.717) is 5.56 Å². The third kappa shape index (κ3) is 2.82. The second kappa shape index (κ2) is 5.30. The molecule has 0 amide bonds. The zero-order chi connectivity index (χ0) is 12.1. The molecule has 0 saturated carbocycles. The van der Waals surface area contributed by atoms with E-state index < -0.39 is 5.97 Å². The lowest BCUT2D eigenvalue weighted by Gasteiger charge is -2.04. The Morgan fingerprint density at radius 1 is 1.44 bits per heavy atom. The van der Waals surface area contributed by atoms with Crippen molar-refractivity contribution in [2.75, 3.05) is 7.11 Å². The third-order valence-corrected chi connectivity index (χ3v) is 1.93. The van der Waals surface area contributed by atoms with Crippen LogP contribution >= 0.6 is 0 Å². The number of ether oxygens (including phenoxy) is 1. The summed E-state index contributed by atoms with van der Waals surface area (Å²) in [5.74, 6) is -0.917. The Balaban J connectivity index is 3.03. The van der Waals surface area contributed by atoms with Crippen LogP contribution < -0.4 is 0 Å². The number of esters is 1. The Labute approximate surface area is 93.9 Å². The van der Waals surface area contributed by atoms with Crippen molar-refractivity contribution in [2.24, 2.45) is 5.92 Å². The molecule has 4 heteroatoms. The molecule has 1 aromatic heterocycles. The summed E-state index contributed by atoms with van der Waals surface area (Å²) in [7, 11) is 1.25. The minimum absolute atomic E-state index is 0.0406. The van der Waals surface area contributed by atoms with Gasteiger partial charge in [0, 0.05) is 0 Å². The Hall–Kier alpha value is -1.84. The predicted molar refractivity (Wildman–Crippen MR) is 58.0 cm³/mol. The first kappa shape index (κ1) is 12.2. The molecule has 0 aliphatic carbocycles. The third-order valence-electron chi connectivity index (χ3n) is 1.93. The summed E-state index contributed by atoms with van der Waals surface area (Å²) < 4.78 is 9.38. The molecule has 0 fully saturated rings. The largest absolute Gasteiger partial charge is 0.472 e. The maximum atomic E-state index is 11.9. The fourth-order valence-electron chi connectivity index (χ4n) is 1.23. The average Bonchev–Trinajstić information content (AvgIpc) is 2.77. The van der Waals surface area contributed by atoms with Crippen molar-refractivity contribution in [1.82, 2.24) is 0 Å². The summed E-state index contributed by atoms with van der Waals surface area (Å²) in [6, 6.07) is 1.51. The molecular weight excluding hydrogens is 208 g/mol. The van der Waals surface area contributed by atoms with Crippen LogP contribution in [-0.2, 0) is 9.53 Å². The highest BCUT2D eigenvalue weighted by Gasteiger charge is 2.21. The van der Waals surface area contributed by atoms with E-state index in [1.807, 2.05) is 13.8 Å². The van der Waals surface area contributed by atoms with Gasteiger partial charge < -0.3 is 9.15 Å². The Morgan fingerprint density at radius 2 is 2.12 bits per heavy atom. The number of carbonyl (C=O) groups is 2. The highest BCUT2D eigenvalue weighted by Crippen LogP contribution is 2.13. The number of furan rings is 1. The van der Waals surface area contributed by atoms with Crippen molar-refractivity contribution < 1.29 is 18.7 Å². The van der Waals surface area contributed by atoms with Crippen molar-refractivity contribution in [3.8, 4) is 0 Å². The number of hydrogen-bond acceptors (Lipinski definition) is 4. The second-order valence-electron chi connectivity index (χ2n) is 3.66.